The lowest BCUT2D eigenvalue weighted by Gasteiger charge is -2.36. The van der Waals surface area contributed by atoms with E-state index in [-0.39, 0.29) is 16.7 Å². The highest BCUT2D eigenvalue weighted by Crippen LogP contribution is 2.36. The first kappa shape index (κ1) is 25.1. The zero-order valence-corrected chi connectivity index (χ0v) is 20.0. The van der Waals surface area contributed by atoms with E-state index >= 15 is 0 Å². The van der Waals surface area contributed by atoms with Crippen LogP contribution in [-0.2, 0) is 17.4 Å². The number of nitrogens with zero attached hydrogens (tertiary/aromatic N) is 4. The topological polar surface area (TPSA) is 74.5 Å². The first-order valence-electron chi connectivity index (χ1n) is 11.3. The molecule has 7 nitrogen and oxygen atoms in total. The molecule has 35 heavy (non-hydrogen) atoms. The maximum absolute atomic E-state index is 13.3. The van der Waals surface area contributed by atoms with Gasteiger partial charge in [0.1, 0.15) is 0 Å². The van der Waals surface area contributed by atoms with Crippen LogP contribution >= 0.6 is 11.8 Å². The lowest BCUT2D eigenvalue weighted by molar-refractivity contribution is -0.137. The van der Waals surface area contributed by atoms with Crippen molar-refractivity contribution < 1.29 is 22.4 Å². The molecule has 0 saturated carbocycles. The predicted molar refractivity (Wildman–Crippen MR) is 129 cm³/mol. The number of aromatic nitrogens is 2. The van der Waals surface area contributed by atoms with Crippen molar-refractivity contribution in [2.45, 2.75) is 24.7 Å². The van der Waals surface area contributed by atoms with Crippen LogP contribution in [0.25, 0.3) is 0 Å². The normalized spacial score (nSPS) is 14.8. The van der Waals surface area contributed by atoms with Gasteiger partial charge in [-0.1, -0.05) is 49.0 Å². The molecular weight excluding hydrogens is 479 g/mol. The number of halogens is 3. The number of thioether (sulfide) groups is 1. The third kappa shape index (κ3) is 6.76. The van der Waals surface area contributed by atoms with Crippen LogP contribution in [0.3, 0.4) is 0 Å². The van der Waals surface area contributed by atoms with Crippen LogP contribution in [0.2, 0.25) is 0 Å². The molecule has 0 atom stereocenters. The van der Waals surface area contributed by atoms with Gasteiger partial charge in [0.05, 0.1) is 29.1 Å². The fraction of sp³-hybridized carbons (Fsp3) is 0.375. The summed E-state index contributed by atoms with van der Waals surface area (Å²) >= 11 is 1.04. The fourth-order valence-electron chi connectivity index (χ4n) is 3.85. The fourth-order valence-corrected chi connectivity index (χ4v) is 4.43. The average molecular weight is 506 g/mol. The molecule has 1 aliphatic rings. The number of carbonyl (C=O) groups excluding carboxylic acids is 1. The number of hydrogen-bond acceptors (Lipinski definition) is 7. The summed E-state index contributed by atoms with van der Waals surface area (Å²) in [6, 6.07) is 13.1. The molecule has 1 aliphatic heterocycles. The van der Waals surface area contributed by atoms with Gasteiger partial charge >= 0.3 is 6.18 Å². The smallest absolute Gasteiger partial charge is 0.416 e. The monoisotopic (exact) mass is 505 g/mol. The lowest BCUT2D eigenvalue weighted by Crippen LogP contribution is -2.46. The van der Waals surface area contributed by atoms with Gasteiger partial charge in [-0.2, -0.15) is 13.2 Å². The van der Waals surface area contributed by atoms with E-state index in [2.05, 4.69) is 27.3 Å². The van der Waals surface area contributed by atoms with Crippen molar-refractivity contribution >= 4 is 29.0 Å². The number of nitrogens with one attached hydrogen (secondary N) is 1. The van der Waals surface area contributed by atoms with Gasteiger partial charge in [0.15, 0.2) is 0 Å². The number of hydrogen-bond donors (Lipinski definition) is 1. The Balaban J connectivity index is 1.41. The van der Waals surface area contributed by atoms with E-state index in [0.717, 1.165) is 49.1 Å². The van der Waals surface area contributed by atoms with Crippen LogP contribution in [0.4, 0.5) is 24.5 Å². The number of rotatable bonds is 8. The van der Waals surface area contributed by atoms with Crippen molar-refractivity contribution in [2.24, 2.45) is 0 Å². The van der Waals surface area contributed by atoms with Gasteiger partial charge in [-0.25, -0.2) is 0 Å². The minimum atomic E-state index is -4.51. The van der Waals surface area contributed by atoms with Crippen molar-refractivity contribution in [3.63, 3.8) is 0 Å². The Morgan fingerprint density at radius 3 is 2.51 bits per heavy atom. The summed E-state index contributed by atoms with van der Waals surface area (Å²) in [5.74, 6) is -0.109. The van der Waals surface area contributed by atoms with E-state index in [1.54, 1.807) is 0 Å². The van der Waals surface area contributed by atoms with Crippen molar-refractivity contribution in [1.29, 1.82) is 0 Å². The molecule has 2 aromatic carbocycles. The molecule has 1 aromatic heterocycles. The summed E-state index contributed by atoms with van der Waals surface area (Å²) in [6.45, 7) is 5.95. The van der Waals surface area contributed by atoms with E-state index < -0.39 is 17.6 Å². The van der Waals surface area contributed by atoms with Gasteiger partial charge in [-0.3, -0.25) is 4.79 Å². The predicted octanol–water partition coefficient (Wildman–Crippen LogP) is 4.55. The Morgan fingerprint density at radius 1 is 1.09 bits per heavy atom. The maximum atomic E-state index is 13.3. The second-order valence-corrected chi connectivity index (χ2v) is 9.04. The molecule has 4 rings (SSSR count). The molecule has 0 spiro atoms. The van der Waals surface area contributed by atoms with E-state index in [4.69, 9.17) is 4.42 Å². The number of amides is 1. The summed E-state index contributed by atoms with van der Waals surface area (Å²) in [5.41, 5.74) is 0.932. The quantitative estimate of drug-likeness (QED) is 0.450. The van der Waals surface area contributed by atoms with E-state index in [0.29, 0.717) is 31.1 Å². The zero-order chi connectivity index (χ0) is 24.8. The van der Waals surface area contributed by atoms with Crippen molar-refractivity contribution in [3.8, 4) is 0 Å². The van der Waals surface area contributed by atoms with Gasteiger partial charge in [0.2, 0.25) is 11.8 Å². The molecule has 0 aliphatic carbocycles. The molecule has 1 saturated heterocycles. The van der Waals surface area contributed by atoms with Gasteiger partial charge in [0.25, 0.3) is 5.22 Å². The standard InChI is InChI=1S/C24H26F3N5O2S/c1-2-31-10-12-32(13-11-31)20-9-8-18(24(25,26)27)15-19(20)28-21(33)16-35-23-30-29-22(34-23)14-17-6-4-3-5-7-17/h3-9,15H,2,10-14,16H2,1H3,(H,28,33). The highest BCUT2D eigenvalue weighted by atomic mass is 32.2. The number of alkyl halides is 3. The molecule has 0 radical (unpaired) electrons. The van der Waals surface area contributed by atoms with Crippen LogP contribution in [-0.4, -0.2) is 59.5 Å². The van der Waals surface area contributed by atoms with E-state index in [1.165, 1.54) is 6.07 Å². The Kier molecular flexibility index (Phi) is 7.97. The first-order chi connectivity index (χ1) is 16.8. The van der Waals surface area contributed by atoms with Gasteiger partial charge in [0, 0.05) is 26.2 Å². The molecule has 1 amide bonds. The third-order valence-corrected chi connectivity index (χ3v) is 6.55. The number of piperazine rings is 1. The minimum Gasteiger partial charge on any atom is -0.416 e. The van der Waals surface area contributed by atoms with Crippen LogP contribution in [0.1, 0.15) is 23.9 Å². The SMILES string of the molecule is CCN1CCN(c2ccc(C(F)(F)F)cc2NC(=O)CSc2nnc(Cc3ccccc3)o2)CC1. The minimum absolute atomic E-state index is 0.0771. The summed E-state index contributed by atoms with van der Waals surface area (Å²) in [6.07, 6.45) is -4.04. The average Bonchev–Trinajstić information content (AvgIpc) is 3.30. The molecule has 1 fully saturated rings. The molecular formula is C24H26F3N5O2S. The maximum Gasteiger partial charge on any atom is 0.416 e. The summed E-state index contributed by atoms with van der Waals surface area (Å²) in [5, 5.41) is 10.8. The molecule has 1 N–H and O–H groups in total. The second-order valence-electron chi connectivity index (χ2n) is 8.11. The number of benzene rings is 2. The van der Waals surface area contributed by atoms with Gasteiger partial charge in [-0.05, 0) is 30.3 Å². The third-order valence-electron chi connectivity index (χ3n) is 5.73. The van der Waals surface area contributed by atoms with Crippen molar-refractivity contribution in [1.82, 2.24) is 15.1 Å². The van der Waals surface area contributed by atoms with E-state index in [1.807, 2.05) is 35.2 Å². The summed E-state index contributed by atoms with van der Waals surface area (Å²) < 4.78 is 45.6. The number of anilines is 2. The van der Waals surface area contributed by atoms with Crippen molar-refractivity contribution in [3.05, 3.63) is 65.5 Å². The zero-order valence-electron chi connectivity index (χ0n) is 19.2. The first-order valence-corrected chi connectivity index (χ1v) is 12.3. The Hall–Kier alpha value is -3.05. The summed E-state index contributed by atoms with van der Waals surface area (Å²) in [7, 11) is 0. The van der Waals surface area contributed by atoms with E-state index in [9.17, 15) is 18.0 Å². The van der Waals surface area contributed by atoms with Crippen LogP contribution < -0.4 is 10.2 Å². The molecule has 2 heterocycles. The van der Waals surface area contributed by atoms with Gasteiger partial charge < -0.3 is 19.5 Å². The Labute approximate surface area is 205 Å². The molecule has 11 heteroatoms. The Bertz CT molecular complexity index is 1130. The van der Waals surface area contributed by atoms with Crippen molar-refractivity contribution in [2.75, 3.05) is 48.7 Å². The second kappa shape index (κ2) is 11.1. The number of carbonyl (C=O) groups is 1. The lowest BCUT2D eigenvalue weighted by atomic mass is 10.1. The largest absolute Gasteiger partial charge is 0.416 e. The Morgan fingerprint density at radius 2 is 1.83 bits per heavy atom. The molecule has 0 unspecified atom stereocenters. The van der Waals surface area contributed by atoms with Crippen LogP contribution in [0.15, 0.2) is 58.2 Å². The summed E-state index contributed by atoms with van der Waals surface area (Å²) in [4.78, 5) is 16.9. The number of likely N-dealkylation sites (N-methyl/N-ethyl adjacent to an activating group) is 1. The molecule has 186 valence electrons. The van der Waals surface area contributed by atoms with Crippen LogP contribution in [0.5, 0.6) is 0 Å². The highest BCUT2D eigenvalue weighted by molar-refractivity contribution is 7.99. The highest BCUT2D eigenvalue weighted by Gasteiger charge is 2.32. The van der Waals surface area contributed by atoms with Gasteiger partial charge in [-0.15, -0.1) is 10.2 Å². The molecule has 3 aromatic rings. The van der Waals surface area contributed by atoms with Crippen LogP contribution in [0, 0.1) is 0 Å². The molecule has 0 bridgehead atoms.